The largest absolute Gasteiger partial charge is 0.352 e. The summed E-state index contributed by atoms with van der Waals surface area (Å²) in [5.74, 6) is 0.933. The zero-order valence-corrected chi connectivity index (χ0v) is 21.1. The fourth-order valence-corrected chi connectivity index (χ4v) is 4.73. The lowest BCUT2D eigenvalue weighted by atomic mass is 10.0. The average Bonchev–Trinajstić information content (AvgIpc) is 2.82. The second kappa shape index (κ2) is 13.0. The van der Waals surface area contributed by atoms with E-state index in [0.29, 0.717) is 18.7 Å². The predicted octanol–water partition coefficient (Wildman–Crippen LogP) is 5.39. The third-order valence-electron chi connectivity index (χ3n) is 5.47. The fourth-order valence-electron chi connectivity index (χ4n) is 3.86. The van der Waals surface area contributed by atoms with Crippen LogP contribution in [0.3, 0.4) is 0 Å². The van der Waals surface area contributed by atoms with Crippen LogP contribution in [0.5, 0.6) is 0 Å². The lowest BCUT2D eigenvalue weighted by molar-refractivity contribution is -0.139. The third-order valence-corrected chi connectivity index (χ3v) is 6.46. The van der Waals surface area contributed by atoms with Gasteiger partial charge in [0.2, 0.25) is 11.8 Å². The normalized spacial score (nSPS) is 11.8. The number of hydrogen-bond acceptors (Lipinski definition) is 3. The summed E-state index contributed by atoms with van der Waals surface area (Å²) in [6.07, 6.45) is 0.473. The molecule has 0 fully saturated rings. The van der Waals surface area contributed by atoms with Crippen LogP contribution < -0.4 is 5.32 Å². The van der Waals surface area contributed by atoms with Crippen molar-refractivity contribution in [3.8, 4) is 0 Å². The highest BCUT2D eigenvalue weighted by Crippen LogP contribution is 2.19. The van der Waals surface area contributed by atoms with Crippen molar-refractivity contribution >= 4 is 23.6 Å². The summed E-state index contributed by atoms with van der Waals surface area (Å²) in [5, 5.41) is 3.04. The maximum atomic E-state index is 13.6. The van der Waals surface area contributed by atoms with Gasteiger partial charge in [-0.15, -0.1) is 11.8 Å². The van der Waals surface area contributed by atoms with Crippen molar-refractivity contribution in [3.05, 3.63) is 107 Å². The Kier molecular flexibility index (Phi) is 9.77. The molecule has 34 heavy (non-hydrogen) atoms. The minimum absolute atomic E-state index is 0.00542. The van der Waals surface area contributed by atoms with E-state index in [0.717, 1.165) is 22.4 Å². The topological polar surface area (TPSA) is 49.4 Å². The molecule has 0 aliphatic rings. The first-order chi connectivity index (χ1) is 16.4. The Labute approximate surface area is 207 Å². The van der Waals surface area contributed by atoms with Gasteiger partial charge in [0.15, 0.2) is 0 Å². The molecule has 0 spiro atoms. The summed E-state index contributed by atoms with van der Waals surface area (Å²) in [6.45, 7) is 6.33. The van der Waals surface area contributed by atoms with Crippen molar-refractivity contribution in [1.82, 2.24) is 10.2 Å². The van der Waals surface area contributed by atoms with E-state index in [-0.39, 0.29) is 17.9 Å². The summed E-state index contributed by atoms with van der Waals surface area (Å²) < 4.78 is 0. The summed E-state index contributed by atoms with van der Waals surface area (Å²) >= 11 is 1.58. The van der Waals surface area contributed by atoms with Crippen LogP contribution in [0.2, 0.25) is 0 Å². The van der Waals surface area contributed by atoms with Crippen LogP contribution in [-0.2, 0) is 28.3 Å². The maximum Gasteiger partial charge on any atom is 0.243 e. The zero-order chi connectivity index (χ0) is 24.3. The second-order valence-corrected chi connectivity index (χ2v) is 9.84. The number of amides is 2. The fraction of sp³-hybridized carbons (Fsp3) is 0.310. The van der Waals surface area contributed by atoms with Gasteiger partial charge in [-0.25, -0.2) is 0 Å². The van der Waals surface area contributed by atoms with Gasteiger partial charge in [-0.3, -0.25) is 9.59 Å². The smallest absolute Gasteiger partial charge is 0.243 e. The molecule has 0 aliphatic carbocycles. The van der Waals surface area contributed by atoms with Crippen molar-refractivity contribution in [1.29, 1.82) is 0 Å². The molecular formula is C29H34N2O2S. The van der Waals surface area contributed by atoms with Gasteiger partial charge in [-0.05, 0) is 37.5 Å². The Bertz CT molecular complexity index is 1050. The first kappa shape index (κ1) is 25.6. The van der Waals surface area contributed by atoms with E-state index < -0.39 is 6.04 Å². The molecule has 5 heteroatoms. The third kappa shape index (κ3) is 8.07. The molecule has 3 aromatic carbocycles. The Hall–Kier alpha value is -3.05. The molecule has 0 saturated heterocycles. The van der Waals surface area contributed by atoms with Gasteiger partial charge in [-0.1, -0.05) is 90.5 Å². The van der Waals surface area contributed by atoms with E-state index in [9.17, 15) is 9.59 Å². The molecule has 0 heterocycles. The molecule has 0 bridgehead atoms. The number of aryl methyl sites for hydroxylation is 1. The number of carbonyl (C=O) groups excluding carboxylic acids is 2. The average molecular weight is 475 g/mol. The van der Waals surface area contributed by atoms with Crippen molar-refractivity contribution in [2.45, 2.75) is 51.6 Å². The lowest BCUT2D eigenvalue weighted by Crippen LogP contribution is -2.52. The van der Waals surface area contributed by atoms with Crippen LogP contribution in [0, 0.1) is 6.92 Å². The number of benzene rings is 3. The number of thioether (sulfide) groups is 1. The molecule has 0 unspecified atom stereocenters. The van der Waals surface area contributed by atoms with E-state index in [1.807, 2.05) is 87.5 Å². The molecule has 178 valence electrons. The molecule has 3 aromatic rings. The minimum atomic E-state index is -0.588. The van der Waals surface area contributed by atoms with Gasteiger partial charge in [0.1, 0.15) is 6.04 Å². The number of rotatable bonds is 11. The van der Waals surface area contributed by atoms with Gasteiger partial charge in [0, 0.05) is 24.8 Å². The second-order valence-electron chi connectivity index (χ2n) is 8.86. The van der Waals surface area contributed by atoms with E-state index in [1.54, 1.807) is 16.7 Å². The summed E-state index contributed by atoms with van der Waals surface area (Å²) in [6, 6.07) is 27.6. The van der Waals surface area contributed by atoms with Crippen molar-refractivity contribution in [2.24, 2.45) is 0 Å². The Morgan fingerprint density at radius 3 is 2.09 bits per heavy atom. The molecule has 0 radical (unpaired) electrons. The van der Waals surface area contributed by atoms with Crippen LogP contribution in [0.15, 0.2) is 84.9 Å². The van der Waals surface area contributed by atoms with Crippen LogP contribution >= 0.6 is 11.8 Å². The summed E-state index contributed by atoms with van der Waals surface area (Å²) in [5.41, 5.74) is 4.38. The quantitative estimate of drug-likeness (QED) is 0.405. The van der Waals surface area contributed by atoms with Gasteiger partial charge < -0.3 is 10.2 Å². The molecule has 2 amide bonds. The maximum absolute atomic E-state index is 13.6. The van der Waals surface area contributed by atoms with E-state index in [1.165, 1.54) is 5.56 Å². The van der Waals surface area contributed by atoms with Gasteiger partial charge in [0.25, 0.3) is 0 Å². The lowest BCUT2D eigenvalue weighted by Gasteiger charge is -2.32. The monoisotopic (exact) mass is 474 g/mol. The van der Waals surface area contributed by atoms with Crippen molar-refractivity contribution in [3.63, 3.8) is 0 Å². The number of carbonyl (C=O) groups is 2. The molecule has 1 N–H and O–H groups in total. The van der Waals surface area contributed by atoms with Crippen LogP contribution in [0.25, 0.3) is 0 Å². The summed E-state index contributed by atoms with van der Waals surface area (Å²) in [7, 11) is 0. The van der Waals surface area contributed by atoms with Gasteiger partial charge in [-0.2, -0.15) is 0 Å². The van der Waals surface area contributed by atoms with E-state index >= 15 is 0 Å². The Balaban J connectivity index is 1.85. The highest BCUT2D eigenvalue weighted by molar-refractivity contribution is 7.99. The first-order valence-corrected chi connectivity index (χ1v) is 12.9. The highest BCUT2D eigenvalue weighted by Gasteiger charge is 2.30. The SMILES string of the molecule is Cc1cccc(CN(C(=O)CSCc2ccccc2)[C@@H](Cc2ccccc2)C(=O)NC(C)C)c1. The number of nitrogens with zero attached hydrogens (tertiary/aromatic N) is 1. The van der Waals surface area contributed by atoms with Gasteiger partial charge in [0.05, 0.1) is 5.75 Å². The highest BCUT2D eigenvalue weighted by atomic mass is 32.2. The standard InChI is InChI=1S/C29H34N2O2S/c1-22(2)30-29(33)27(18-24-12-6-4-7-13-24)31(19-26-16-10-11-23(3)17-26)28(32)21-34-20-25-14-8-5-9-15-25/h4-17,22,27H,18-21H2,1-3H3,(H,30,33)/t27-/m0/s1. The summed E-state index contributed by atoms with van der Waals surface area (Å²) in [4.78, 5) is 28.7. The minimum Gasteiger partial charge on any atom is -0.352 e. The van der Waals surface area contributed by atoms with Crippen LogP contribution in [-0.4, -0.2) is 34.6 Å². The van der Waals surface area contributed by atoms with Crippen molar-refractivity contribution < 1.29 is 9.59 Å². The molecule has 1 atom stereocenters. The molecule has 0 saturated carbocycles. The van der Waals surface area contributed by atoms with Crippen LogP contribution in [0.1, 0.15) is 36.1 Å². The van der Waals surface area contributed by atoms with Crippen molar-refractivity contribution in [2.75, 3.05) is 5.75 Å². The molecule has 0 aromatic heterocycles. The first-order valence-electron chi connectivity index (χ1n) is 11.7. The Morgan fingerprint density at radius 1 is 0.853 bits per heavy atom. The zero-order valence-electron chi connectivity index (χ0n) is 20.2. The Morgan fingerprint density at radius 2 is 1.47 bits per heavy atom. The molecule has 3 rings (SSSR count). The molecule has 4 nitrogen and oxygen atoms in total. The molecule has 0 aliphatic heterocycles. The van der Waals surface area contributed by atoms with E-state index in [2.05, 4.69) is 23.5 Å². The van der Waals surface area contributed by atoms with E-state index in [4.69, 9.17) is 0 Å². The van der Waals surface area contributed by atoms with Crippen LogP contribution in [0.4, 0.5) is 0 Å². The molecular weight excluding hydrogens is 440 g/mol. The van der Waals surface area contributed by atoms with Gasteiger partial charge >= 0.3 is 0 Å². The number of nitrogens with one attached hydrogen (secondary N) is 1. The number of hydrogen-bond donors (Lipinski definition) is 1. The predicted molar refractivity (Wildman–Crippen MR) is 142 cm³/mol.